The number of ether oxygens (including phenoxy) is 3. The molecule has 4 aromatic rings. The van der Waals surface area contributed by atoms with Gasteiger partial charge in [-0.2, -0.15) is 0 Å². The number of rotatable bonds is 13. The van der Waals surface area contributed by atoms with Crippen LogP contribution in [0.1, 0.15) is 22.7 Å². The first-order valence-electron chi connectivity index (χ1n) is 13.3. The molecule has 0 aliphatic heterocycles. The van der Waals surface area contributed by atoms with E-state index in [9.17, 15) is 14.0 Å². The minimum Gasteiger partial charge on any atom is -0.493 e. The lowest BCUT2D eigenvalue weighted by Gasteiger charge is -2.31. The van der Waals surface area contributed by atoms with Gasteiger partial charge in [-0.15, -0.1) is 0 Å². The molecule has 0 saturated carbocycles. The van der Waals surface area contributed by atoms with Gasteiger partial charge in [-0.25, -0.2) is 4.39 Å². The number of carbonyl (C=O) groups is 2. The van der Waals surface area contributed by atoms with Crippen LogP contribution in [0.5, 0.6) is 17.2 Å². The summed E-state index contributed by atoms with van der Waals surface area (Å²) in [4.78, 5) is 29.0. The summed E-state index contributed by atoms with van der Waals surface area (Å²) >= 11 is 6.22. The van der Waals surface area contributed by atoms with Crippen molar-refractivity contribution in [1.82, 2.24) is 10.2 Å². The van der Waals surface area contributed by atoms with Gasteiger partial charge < -0.3 is 24.4 Å². The van der Waals surface area contributed by atoms with Gasteiger partial charge in [0.15, 0.2) is 18.1 Å². The number of hydrogen-bond donors (Lipinski definition) is 1. The maximum atomic E-state index is 13.8. The van der Waals surface area contributed by atoms with Crippen molar-refractivity contribution >= 4 is 23.4 Å². The number of hydrogen-bond acceptors (Lipinski definition) is 5. The summed E-state index contributed by atoms with van der Waals surface area (Å²) in [5.41, 5.74) is 2.22. The molecule has 42 heavy (non-hydrogen) atoms. The molecule has 9 heteroatoms. The molecule has 0 bridgehead atoms. The van der Waals surface area contributed by atoms with Crippen LogP contribution in [-0.2, 0) is 22.6 Å². The highest BCUT2D eigenvalue weighted by Gasteiger charge is 2.32. The van der Waals surface area contributed by atoms with Gasteiger partial charge in [0.25, 0.3) is 5.91 Å². The van der Waals surface area contributed by atoms with Crippen LogP contribution in [0.3, 0.4) is 0 Å². The van der Waals surface area contributed by atoms with E-state index < -0.39 is 17.8 Å². The van der Waals surface area contributed by atoms with Gasteiger partial charge >= 0.3 is 0 Å². The Morgan fingerprint density at radius 1 is 0.833 bits per heavy atom. The highest BCUT2D eigenvalue weighted by Crippen LogP contribution is 2.28. The predicted octanol–water partition coefficient (Wildman–Crippen LogP) is 6.00. The highest BCUT2D eigenvalue weighted by molar-refractivity contribution is 6.32. The monoisotopic (exact) mass is 590 g/mol. The van der Waals surface area contributed by atoms with E-state index in [1.165, 1.54) is 17.0 Å². The summed E-state index contributed by atoms with van der Waals surface area (Å²) in [6.07, 6.45) is 0.523. The Balaban J connectivity index is 1.58. The zero-order chi connectivity index (χ0) is 29.9. The number of methoxy groups -OCH3 is 2. The second-order valence-electron chi connectivity index (χ2n) is 9.41. The molecule has 0 aliphatic rings. The summed E-state index contributed by atoms with van der Waals surface area (Å²) in [5.74, 6) is 0.357. The fourth-order valence-electron chi connectivity index (χ4n) is 4.47. The Hall–Kier alpha value is -4.56. The summed E-state index contributed by atoms with van der Waals surface area (Å²) in [6, 6.07) is 26.3. The molecular formula is C33H32ClFN2O5. The first-order chi connectivity index (χ1) is 20.4. The van der Waals surface area contributed by atoms with Gasteiger partial charge in [0.1, 0.15) is 17.6 Å². The molecule has 0 radical (unpaired) electrons. The fraction of sp³-hybridized carbons (Fsp3) is 0.212. The van der Waals surface area contributed by atoms with E-state index in [2.05, 4.69) is 5.32 Å². The van der Waals surface area contributed by atoms with Crippen LogP contribution < -0.4 is 19.5 Å². The maximum Gasteiger partial charge on any atom is 0.261 e. The third-order valence-electron chi connectivity index (χ3n) is 6.61. The van der Waals surface area contributed by atoms with Crippen molar-refractivity contribution in [2.24, 2.45) is 0 Å². The summed E-state index contributed by atoms with van der Waals surface area (Å²) in [6.45, 7) is 0.00713. The van der Waals surface area contributed by atoms with E-state index in [1.54, 1.807) is 74.9 Å². The van der Waals surface area contributed by atoms with Gasteiger partial charge in [-0.05, 0) is 59.5 Å². The minimum atomic E-state index is -0.982. The third kappa shape index (κ3) is 8.01. The first kappa shape index (κ1) is 30.4. The van der Waals surface area contributed by atoms with Crippen LogP contribution in [-0.4, -0.2) is 44.1 Å². The Kier molecular flexibility index (Phi) is 10.8. The van der Waals surface area contributed by atoms with Crippen molar-refractivity contribution in [2.45, 2.75) is 19.0 Å². The van der Waals surface area contributed by atoms with Crippen LogP contribution in [0.15, 0.2) is 97.1 Å². The number of benzene rings is 4. The van der Waals surface area contributed by atoms with Crippen LogP contribution in [0.25, 0.3) is 0 Å². The zero-order valence-corrected chi connectivity index (χ0v) is 24.1. The molecule has 0 aromatic heterocycles. The first-order valence-corrected chi connectivity index (χ1v) is 13.7. The normalized spacial score (nSPS) is 11.3. The number of halogens is 2. The van der Waals surface area contributed by atoms with E-state index in [0.29, 0.717) is 46.4 Å². The molecule has 0 spiro atoms. The number of carbonyl (C=O) groups excluding carboxylic acids is 2. The fourth-order valence-corrected chi connectivity index (χ4v) is 4.66. The van der Waals surface area contributed by atoms with Crippen molar-refractivity contribution in [2.75, 3.05) is 27.4 Å². The Morgan fingerprint density at radius 3 is 2.19 bits per heavy atom. The average Bonchev–Trinajstić information content (AvgIpc) is 3.01. The number of amides is 2. The Morgan fingerprint density at radius 2 is 1.50 bits per heavy atom. The molecule has 218 valence electrons. The maximum absolute atomic E-state index is 13.8. The van der Waals surface area contributed by atoms with Gasteiger partial charge in [-0.1, -0.05) is 72.3 Å². The molecule has 1 N–H and O–H groups in total. The molecular weight excluding hydrogens is 559 g/mol. The van der Waals surface area contributed by atoms with Crippen LogP contribution in [0.2, 0.25) is 5.02 Å². The van der Waals surface area contributed by atoms with Crippen molar-refractivity contribution in [3.8, 4) is 17.2 Å². The lowest BCUT2D eigenvalue weighted by atomic mass is 10.0. The highest BCUT2D eigenvalue weighted by atomic mass is 35.5. The number of para-hydroxylation sites is 1. The second kappa shape index (κ2) is 14.9. The minimum absolute atomic E-state index is 0.0493. The van der Waals surface area contributed by atoms with Crippen molar-refractivity contribution in [1.29, 1.82) is 0 Å². The SMILES string of the molecule is COc1ccc(CCNC(=O)[C@@H](c2ccccc2)N(Cc2ccc(F)cc2)C(=O)COc2ccccc2Cl)cc1OC. The molecule has 0 unspecified atom stereocenters. The topological polar surface area (TPSA) is 77.1 Å². The number of nitrogens with zero attached hydrogens (tertiary/aromatic N) is 1. The van der Waals surface area contributed by atoms with Gasteiger partial charge in [0, 0.05) is 13.1 Å². The smallest absolute Gasteiger partial charge is 0.261 e. The van der Waals surface area contributed by atoms with E-state index in [4.69, 9.17) is 25.8 Å². The van der Waals surface area contributed by atoms with Crippen molar-refractivity contribution in [3.63, 3.8) is 0 Å². The van der Waals surface area contributed by atoms with Crippen LogP contribution >= 0.6 is 11.6 Å². The van der Waals surface area contributed by atoms with Gasteiger partial charge in [-0.3, -0.25) is 9.59 Å². The summed E-state index contributed by atoms with van der Waals surface area (Å²) < 4.78 is 30.1. The molecule has 7 nitrogen and oxygen atoms in total. The lowest BCUT2D eigenvalue weighted by Crippen LogP contribution is -2.45. The molecule has 2 amide bonds. The van der Waals surface area contributed by atoms with Gasteiger partial charge in [0.2, 0.25) is 5.91 Å². The molecule has 0 saturated heterocycles. The summed E-state index contributed by atoms with van der Waals surface area (Å²) in [5, 5.41) is 3.35. The van der Waals surface area contributed by atoms with Crippen LogP contribution in [0, 0.1) is 5.82 Å². The van der Waals surface area contributed by atoms with E-state index in [-0.39, 0.29) is 19.1 Å². The average molecular weight is 591 g/mol. The molecule has 0 aliphatic carbocycles. The van der Waals surface area contributed by atoms with E-state index >= 15 is 0 Å². The second-order valence-corrected chi connectivity index (χ2v) is 9.82. The molecule has 1 atom stereocenters. The van der Waals surface area contributed by atoms with Crippen molar-refractivity contribution < 1.29 is 28.2 Å². The number of nitrogens with one attached hydrogen (secondary N) is 1. The largest absolute Gasteiger partial charge is 0.493 e. The van der Waals surface area contributed by atoms with E-state index in [0.717, 1.165) is 5.56 Å². The zero-order valence-electron chi connectivity index (χ0n) is 23.4. The molecule has 0 fully saturated rings. The lowest BCUT2D eigenvalue weighted by molar-refractivity contribution is -0.143. The van der Waals surface area contributed by atoms with Crippen molar-refractivity contribution in [3.05, 3.63) is 125 Å². The Bertz CT molecular complexity index is 1480. The van der Waals surface area contributed by atoms with E-state index in [1.807, 2.05) is 24.3 Å². The van der Waals surface area contributed by atoms with Gasteiger partial charge in [0.05, 0.1) is 19.2 Å². The third-order valence-corrected chi connectivity index (χ3v) is 6.92. The standard InChI is InChI=1S/C33H32ClFN2O5/c1-40-29-17-14-23(20-30(29)41-2)18-19-36-33(39)32(25-8-4-3-5-9-25)37(21-24-12-15-26(35)16-13-24)31(38)22-42-28-11-7-6-10-27(28)34/h3-17,20,32H,18-19,21-22H2,1-2H3,(H,36,39)/t32-/m1/s1. The molecule has 4 rings (SSSR count). The predicted molar refractivity (Wildman–Crippen MR) is 159 cm³/mol. The van der Waals surface area contributed by atoms with Crippen LogP contribution in [0.4, 0.5) is 4.39 Å². The molecule has 4 aromatic carbocycles. The Labute approximate surface area is 249 Å². The summed E-state index contributed by atoms with van der Waals surface area (Å²) in [7, 11) is 3.13. The quantitative estimate of drug-likeness (QED) is 0.207. The molecule has 0 heterocycles.